The number of esters is 1. The summed E-state index contributed by atoms with van der Waals surface area (Å²) in [5.74, 6) is -0.913. The molecule has 0 fully saturated rings. The average Bonchev–Trinajstić information content (AvgIpc) is 2.66. The highest BCUT2D eigenvalue weighted by Crippen LogP contribution is 2.30. The Bertz CT molecular complexity index is 893. The van der Waals surface area contributed by atoms with Crippen LogP contribution < -0.4 is 14.2 Å². The number of ether oxygens (including phenoxy) is 3. The minimum absolute atomic E-state index is 0.166. The second-order valence-corrected chi connectivity index (χ2v) is 5.00. The number of carboxylic acid groups (broad SMARTS) is 1. The Morgan fingerprint density at radius 2 is 1.73 bits per heavy atom. The summed E-state index contributed by atoms with van der Waals surface area (Å²) in [5.41, 5.74) is 0.328. The Hall–Kier alpha value is -3.79. The van der Waals surface area contributed by atoms with Gasteiger partial charge < -0.3 is 19.3 Å². The van der Waals surface area contributed by atoms with Crippen molar-refractivity contribution in [2.45, 2.75) is 0 Å². The summed E-state index contributed by atoms with van der Waals surface area (Å²) in [4.78, 5) is 23.1. The van der Waals surface area contributed by atoms with Crippen LogP contribution in [-0.2, 0) is 4.79 Å². The molecule has 0 aromatic heterocycles. The highest BCUT2D eigenvalue weighted by molar-refractivity contribution is 5.96. The summed E-state index contributed by atoms with van der Waals surface area (Å²) in [7, 11) is 2.91. The van der Waals surface area contributed by atoms with Crippen LogP contribution in [0, 0.1) is 11.3 Å². The number of carboxylic acids is 1. The molecule has 0 amide bonds. The predicted octanol–water partition coefficient (Wildman–Crippen LogP) is 2.91. The zero-order chi connectivity index (χ0) is 19.1. The fraction of sp³-hybridized carbons (Fsp3) is 0.105. The van der Waals surface area contributed by atoms with E-state index in [0.717, 1.165) is 0 Å². The number of aliphatic carboxylic acids is 1. The van der Waals surface area contributed by atoms with Gasteiger partial charge in [-0.1, -0.05) is 6.07 Å². The molecule has 0 heterocycles. The molecule has 0 saturated heterocycles. The lowest BCUT2D eigenvalue weighted by molar-refractivity contribution is -0.132. The lowest BCUT2D eigenvalue weighted by Crippen LogP contribution is -2.09. The van der Waals surface area contributed by atoms with Crippen molar-refractivity contribution in [1.82, 2.24) is 0 Å². The molecule has 1 N–H and O–H groups in total. The van der Waals surface area contributed by atoms with E-state index in [9.17, 15) is 9.59 Å². The van der Waals surface area contributed by atoms with Gasteiger partial charge in [0.15, 0.2) is 11.5 Å². The maximum atomic E-state index is 12.2. The van der Waals surface area contributed by atoms with Gasteiger partial charge in [-0.25, -0.2) is 9.59 Å². The molecule has 0 radical (unpaired) electrons. The highest BCUT2D eigenvalue weighted by Gasteiger charge is 2.14. The largest absolute Gasteiger partial charge is 0.497 e. The van der Waals surface area contributed by atoms with Crippen LogP contribution in [0.4, 0.5) is 0 Å². The number of carbonyl (C=O) groups is 2. The van der Waals surface area contributed by atoms with Crippen LogP contribution in [-0.4, -0.2) is 31.3 Å². The molecule has 0 unspecified atom stereocenters. The fourth-order valence-corrected chi connectivity index (χ4v) is 2.05. The zero-order valence-corrected chi connectivity index (χ0v) is 14.1. The van der Waals surface area contributed by atoms with Crippen LogP contribution in [0.25, 0.3) is 6.08 Å². The van der Waals surface area contributed by atoms with Gasteiger partial charge in [-0.2, -0.15) is 5.26 Å². The van der Waals surface area contributed by atoms with Crippen molar-refractivity contribution in [3.05, 3.63) is 59.2 Å². The van der Waals surface area contributed by atoms with Gasteiger partial charge >= 0.3 is 11.9 Å². The summed E-state index contributed by atoms with van der Waals surface area (Å²) in [6.07, 6.45) is 1.19. The average molecular weight is 353 g/mol. The molecular weight excluding hydrogens is 338 g/mol. The van der Waals surface area contributed by atoms with Gasteiger partial charge in [0.25, 0.3) is 0 Å². The maximum absolute atomic E-state index is 12.2. The zero-order valence-electron chi connectivity index (χ0n) is 14.1. The molecule has 0 saturated carbocycles. The lowest BCUT2D eigenvalue weighted by Gasteiger charge is -2.10. The van der Waals surface area contributed by atoms with Crippen molar-refractivity contribution in [3.63, 3.8) is 0 Å². The quantitative estimate of drug-likeness (QED) is 0.368. The van der Waals surface area contributed by atoms with E-state index >= 15 is 0 Å². The number of carbonyl (C=O) groups excluding carboxylic acids is 1. The maximum Gasteiger partial charge on any atom is 0.346 e. The van der Waals surface area contributed by atoms with E-state index in [-0.39, 0.29) is 11.5 Å². The molecule has 2 rings (SSSR count). The van der Waals surface area contributed by atoms with Gasteiger partial charge in [-0.05, 0) is 48.0 Å². The van der Waals surface area contributed by atoms with Crippen LogP contribution in [0.15, 0.2) is 48.0 Å². The first-order valence-corrected chi connectivity index (χ1v) is 7.38. The monoisotopic (exact) mass is 353 g/mol. The van der Waals surface area contributed by atoms with Crippen molar-refractivity contribution >= 4 is 18.0 Å². The molecule has 2 aromatic rings. The normalized spacial score (nSPS) is 10.6. The molecule has 2 aromatic carbocycles. The standard InChI is InChI=1S/C19H15NO6/c1-24-15-6-4-13(5-7-15)19(23)26-16-8-3-12(10-17(16)25-2)9-14(11-20)18(21)22/h3-10H,1-2H3,(H,21,22). The van der Waals surface area contributed by atoms with Gasteiger partial charge in [0, 0.05) is 0 Å². The van der Waals surface area contributed by atoms with Gasteiger partial charge in [-0.3, -0.25) is 0 Å². The second kappa shape index (κ2) is 8.35. The Morgan fingerprint density at radius 1 is 1.04 bits per heavy atom. The summed E-state index contributed by atoms with van der Waals surface area (Å²) in [5, 5.41) is 17.7. The molecule has 0 bridgehead atoms. The first kappa shape index (κ1) is 18.5. The van der Waals surface area contributed by atoms with Crippen molar-refractivity contribution < 1.29 is 28.9 Å². The van der Waals surface area contributed by atoms with E-state index in [4.69, 9.17) is 24.6 Å². The first-order valence-electron chi connectivity index (χ1n) is 7.38. The number of hydrogen-bond donors (Lipinski definition) is 1. The molecular formula is C19H15NO6. The van der Waals surface area contributed by atoms with Crippen LogP contribution in [0.1, 0.15) is 15.9 Å². The van der Waals surface area contributed by atoms with Crippen LogP contribution >= 0.6 is 0 Å². The Balaban J connectivity index is 2.25. The van der Waals surface area contributed by atoms with Crippen molar-refractivity contribution in [2.24, 2.45) is 0 Å². The Morgan fingerprint density at radius 3 is 2.27 bits per heavy atom. The number of hydrogen-bond acceptors (Lipinski definition) is 6. The number of nitrogens with zero attached hydrogens (tertiary/aromatic N) is 1. The minimum Gasteiger partial charge on any atom is -0.497 e. The van der Waals surface area contributed by atoms with E-state index < -0.39 is 17.5 Å². The highest BCUT2D eigenvalue weighted by atomic mass is 16.6. The molecule has 0 spiro atoms. The van der Waals surface area contributed by atoms with Crippen LogP contribution in [0.5, 0.6) is 17.2 Å². The molecule has 26 heavy (non-hydrogen) atoms. The number of methoxy groups -OCH3 is 2. The number of nitriles is 1. The fourth-order valence-electron chi connectivity index (χ4n) is 2.05. The third kappa shape index (κ3) is 4.39. The van der Waals surface area contributed by atoms with Crippen molar-refractivity contribution in [3.8, 4) is 23.3 Å². The molecule has 0 aliphatic carbocycles. The second-order valence-electron chi connectivity index (χ2n) is 5.00. The van der Waals surface area contributed by atoms with Crippen LogP contribution in [0.3, 0.4) is 0 Å². The van der Waals surface area contributed by atoms with E-state index in [0.29, 0.717) is 16.9 Å². The van der Waals surface area contributed by atoms with Gasteiger partial charge in [0.2, 0.25) is 0 Å². The van der Waals surface area contributed by atoms with Crippen molar-refractivity contribution in [1.29, 1.82) is 5.26 Å². The van der Waals surface area contributed by atoms with E-state index in [1.54, 1.807) is 30.3 Å². The van der Waals surface area contributed by atoms with Crippen molar-refractivity contribution in [2.75, 3.05) is 14.2 Å². The molecule has 0 atom stereocenters. The lowest BCUT2D eigenvalue weighted by atomic mass is 10.1. The Kier molecular flexibility index (Phi) is 5.96. The number of benzene rings is 2. The van der Waals surface area contributed by atoms with Gasteiger partial charge in [-0.15, -0.1) is 0 Å². The Labute approximate surface area is 149 Å². The molecule has 0 aliphatic rings. The minimum atomic E-state index is -1.33. The molecule has 7 heteroatoms. The third-order valence-corrected chi connectivity index (χ3v) is 3.38. The van der Waals surface area contributed by atoms with Crippen LogP contribution in [0.2, 0.25) is 0 Å². The van der Waals surface area contributed by atoms with E-state index in [1.807, 2.05) is 0 Å². The summed E-state index contributed by atoms with van der Waals surface area (Å²) < 4.78 is 15.5. The van der Waals surface area contributed by atoms with E-state index in [2.05, 4.69) is 0 Å². The van der Waals surface area contributed by atoms with Gasteiger partial charge in [0.05, 0.1) is 19.8 Å². The summed E-state index contributed by atoms with van der Waals surface area (Å²) >= 11 is 0. The summed E-state index contributed by atoms with van der Waals surface area (Å²) in [6, 6.07) is 12.4. The predicted molar refractivity (Wildman–Crippen MR) is 92.2 cm³/mol. The van der Waals surface area contributed by atoms with Gasteiger partial charge in [0.1, 0.15) is 17.4 Å². The third-order valence-electron chi connectivity index (χ3n) is 3.38. The molecule has 132 valence electrons. The molecule has 0 aliphatic heterocycles. The molecule has 7 nitrogen and oxygen atoms in total. The van der Waals surface area contributed by atoms with E-state index in [1.165, 1.54) is 38.5 Å². The SMILES string of the molecule is COc1ccc(C(=O)Oc2ccc(C=C(C#N)C(=O)O)cc2OC)cc1. The number of rotatable bonds is 6. The smallest absolute Gasteiger partial charge is 0.346 e. The first-order chi connectivity index (χ1) is 12.5. The topological polar surface area (TPSA) is 106 Å². The summed E-state index contributed by atoms with van der Waals surface area (Å²) in [6.45, 7) is 0.